The van der Waals surface area contributed by atoms with Crippen LogP contribution < -0.4 is 0 Å². The van der Waals surface area contributed by atoms with E-state index in [2.05, 4.69) is 0 Å². The summed E-state index contributed by atoms with van der Waals surface area (Å²) in [6.45, 7) is 2.99. The highest BCUT2D eigenvalue weighted by molar-refractivity contribution is 7.89. The van der Waals surface area contributed by atoms with Crippen molar-refractivity contribution in [2.45, 2.75) is 30.7 Å². The fraction of sp³-hybridized carbons (Fsp3) is 0.538. The molecule has 19 heavy (non-hydrogen) atoms. The number of halogens is 1. The van der Waals surface area contributed by atoms with Gasteiger partial charge in [-0.05, 0) is 43.7 Å². The Morgan fingerprint density at radius 3 is 2.21 bits per heavy atom. The van der Waals surface area contributed by atoms with E-state index in [1.54, 1.807) is 20.9 Å². The van der Waals surface area contributed by atoms with Gasteiger partial charge >= 0.3 is 0 Å². The van der Waals surface area contributed by atoms with Crippen LogP contribution in [0.2, 0.25) is 0 Å². The first-order chi connectivity index (χ1) is 8.91. The maximum Gasteiger partial charge on any atom is 0.243 e. The Hall–Kier alpha value is -0.620. The molecule has 0 spiro atoms. The molecule has 0 aliphatic carbocycles. The largest absolute Gasteiger partial charge is 0.243 e. The Balaban J connectivity index is 2.12. The minimum Gasteiger partial charge on any atom is -0.220 e. The Labute approximate surface area is 120 Å². The third-order valence-electron chi connectivity index (χ3n) is 3.59. The molecule has 1 fully saturated rings. The molecule has 1 aliphatic heterocycles. The second-order valence-electron chi connectivity index (χ2n) is 4.97. The van der Waals surface area contributed by atoms with Crippen molar-refractivity contribution in [2.24, 2.45) is 0 Å². The predicted octanol–water partition coefficient (Wildman–Crippen LogP) is 2.23. The first kappa shape index (κ1) is 14.8. The number of sulfonamides is 1. The molecule has 0 radical (unpaired) electrons. The monoisotopic (exact) mass is 302 g/mol. The molecule has 0 amide bonds. The van der Waals surface area contributed by atoms with Crippen LogP contribution in [0.1, 0.15) is 18.4 Å². The summed E-state index contributed by atoms with van der Waals surface area (Å²) in [5, 5.41) is 0. The molecule has 1 aromatic carbocycles. The molecule has 0 atom stereocenters. The fourth-order valence-electron chi connectivity index (χ4n) is 2.30. The van der Waals surface area contributed by atoms with Crippen molar-refractivity contribution < 1.29 is 8.42 Å². The number of benzene rings is 1. The van der Waals surface area contributed by atoms with Gasteiger partial charge in [0.25, 0.3) is 0 Å². The van der Waals surface area contributed by atoms with Crippen molar-refractivity contribution in [1.82, 2.24) is 8.72 Å². The van der Waals surface area contributed by atoms with Crippen molar-refractivity contribution in [3.05, 3.63) is 29.8 Å². The molecular weight excluding hydrogens is 284 g/mol. The Morgan fingerprint density at radius 2 is 1.74 bits per heavy atom. The standard InChI is InChI=1S/C13H19ClN2O2S/c1-11-3-5-13(6-4-11)19(17,18)16-9-7-12(8-10-16)15(2)14/h3-6,12H,7-10H2,1-2H3. The van der Waals surface area contributed by atoms with Crippen LogP contribution in [0.15, 0.2) is 29.2 Å². The van der Waals surface area contributed by atoms with E-state index in [9.17, 15) is 8.42 Å². The lowest BCUT2D eigenvalue weighted by Crippen LogP contribution is -2.43. The first-order valence-electron chi connectivity index (χ1n) is 6.36. The lowest BCUT2D eigenvalue weighted by molar-refractivity contribution is 0.243. The van der Waals surface area contributed by atoms with Crippen LogP contribution >= 0.6 is 11.8 Å². The van der Waals surface area contributed by atoms with E-state index in [1.165, 1.54) is 0 Å². The molecule has 1 heterocycles. The van der Waals surface area contributed by atoms with Crippen LogP contribution in [0.3, 0.4) is 0 Å². The van der Waals surface area contributed by atoms with Crippen LogP contribution in [0.25, 0.3) is 0 Å². The van der Waals surface area contributed by atoms with Gasteiger partial charge in [0.15, 0.2) is 0 Å². The fourth-order valence-corrected chi connectivity index (χ4v) is 3.96. The van der Waals surface area contributed by atoms with Gasteiger partial charge in [-0.25, -0.2) is 12.8 Å². The second kappa shape index (κ2) is 5.79. The molecule has 0 N–H and O–H groups in total. The minimum absolute atomic E-state index is 0.256. The summed E-state index contributed by atoms with van der Waals surface area (Å²) >= 11 is 5.92. The summed E-state index contributed by atoms with van der Waals surface area (Å²) in [6.07, 6.45) is 1.54. The highest BCUT2D eigenvalue weighted by atomic mass is 35.5. The maximum atomic E-state index is 12.5. The molecule has 0 saturated carbocycles. The molecular formula is C13H19ClN2O2S. The SMILES string of the molecule is Cc1ccc(S(=O)(=O)N2CCC(N(C)Cl)CC2)cc1. The van der Waals surface area contributed by atoms with E-state index in [-0.39, 0.29) is 6.04 Å². The lowest BCUT2D eigenvalue weighted by Gasteiger charge is -2.33. The van der Waals surface area contributed by atoms with E-state index in [0.717, 1.165) is 18.4 Å². The third-order valence-corrected chi connectivity index (χ3v) is 5.77. The maximum absolute atomic E-state index is 12.5. The summed E-state index contributed by atoms with van der Waals surface area (Å²) in [4.78, 5) is 0.371. The van der Waals surface area contributed by atoms with Gasteiger partial charge in [0.2, 0.25) is 10.0 Å². The Morgan fingerprint density at radius 1 is 1.21 bits per heavy atom. The van der Waals surface area contributed by atoms with Crippen molar-refractivity contribution >= 4 is 21.8 Å². The van der Waals surface area contributed by atoms with E-state index in [4.69, 9.17) is 11.8 Å². The van der Waals surface area contributed by atoms with E-state index >= 15 is 0 Å². The van der Waals surface area contributed by atoms with Crippen LogP contribution in [0, 0.1) is 6.92 Å². The average Bonchev–Trinajstić information content (AvgIpc) is 2.39. The molecule has 6 heteroatoms. The number of nitrogens with zero attached hydrogens (tertiary/aromatic N) is 2. The van der Waals surface area contributed by atoms with Gasteiger partial charge in [0, 0.05) is 26.2 Å². The van der Waals surface area contributed by atoms with Crippen LogP contribution in [0.4, 0.5) is 0 Å². The Bertz CT molecular complexity index is 520. The Kier molecular flexibility index (Phi) is 4.50. The lowest BCUT2D eigenvalue weighted by atomic mass is 10.1. The summed E-state index contributed by atoms with van der Waals surface area (Å²) in [5.41, 5.74) is 1.06. The zero-order chi connectivity index (χ0) is 14.0. The van der Waals surface area contributed by atoms with Crippen molar-refractivity contribution in [2.75, 3.05) is 20.1 Å². The smallest absolute Gasteiger partial charge is 0.220 e. The van der Waals surface area contributed by atoms with Gasteiger partial charge in [-0.1, -0.05) is 17.7 Å². The summed E-state index contributed by atoms with van der Waals surface area (Å²) in [5.74, 6) is 0. The number of hydrogen-bond acceptors (Lipinski definition) is 3. The average molecular weight is 303 g/mol. The first-order valence-corrected chi connectivity index (χ1v) is 8.14. The van der Waals surface area contributed by atoms with Crippen LogP contribution in [0.5, 0.6) is 0 Å². The molecule has 1 saturated heterocycles. The van der Waals surface area contributed by atoms with Crippen molar-refractivity contribution in [1.29, 1.82) is 0 Å². The number of aryl methyl sites for hydroxylation is 1. The molecule has 1 aliphatic rings. The highest BCUT2D eigenvalue weighted by Crippen LogP contribution is 2.23. The third kappa shape index (κ3) is 3.28. The number of piperidine rings is 1. The summed E-state index contributed by atoms with van der Waals surface area (Å²) in [6, 6.07) is 7.25. The van der Waals surface area contributed by atoms with Gasteiger partial charge in [-0.3, -0.25) is 0 Å². The van der Waals surface area contributed by atoms with Gasteiger partial charge in [-0.15, -0.1) is 0 Å². The van der Waals surface area contributed by atoms with Crippen molar-refractivity contribution in [3.8, 4) is 0 Å². The molecule has 0 unspecified atom stereocenters. The number of hydrogen-bond donors (Lipinski definition) is 0. The molecule has 106 valence electrons. The zero-order valence-corrected chi connectivity index (χ0v) is 12.8. The van der Waals surface area contributed by atoms with Crippen molar-refractivity contribution in [3.63, 3.8) is 0 Å². The van der Waals surface area contributed by atoms with E-state index in [1.807, 2.05) is 26.1 Å². The van der Waals surface area contributed by atoms with Gasteiger partial charge in [-0.2, -0.15) is 4.31 Å². The topological polar surface area (TPSA) is 40.6 Å². The molecule has 2 rings (SSSR count). The van der Waals surface area contributed by atoms with Gasteiger partial charge in [0.05, 0.1) is 4.90 Å². The van der Waals surface area contributed by atoms with E-state index < -0.39 is 10.0 Å². The zero-order valence-electron chi connectivity index (χ0n) is 11.2. The molecule has 0 aromatic heterocycles. The van der Waals surface area contributed by atoms with E-state index in [0.29, 0.717) is 18.0 Å². The van der Waals surface area contributed by atoms with Crippen LogP contribution in [-0.2, 0) is 10.0 Å². The normalized spacial score (nSPS) is 18.9. The quantitative estimate of drug-likeness (QED) is 0.804. The number of rotatable bonds is 3. The molecule has 4 nitrogen and oxygen atoms in total. The van der Waals surface area contributed by atoms with Gasteiger partial charge < -0.3 is 0 Å². The second-order valence-corrected chi connectivity index (χ2v) is 7.44. The molecule has 1 aromatic rings. The highest BCUT2D eigenvalue weighted by Gasteiger charge is 2.30. The molecule has 0 bridgehead atoms. The minimum atomic E-state index is -3.36. The summed E-state index contributed by atoms with van der Waals surface area (Å²) in [7, 11) is -1.54. The summed E-state index contributed by atoms with van der Waals surface area (Å²) < 4.78 is 28.1. The van der Waals surface area contributed by atoms with Crippen LogP contribution in [-0.4, -0.2) is 43.3 Å². The predicted molar refractivity (Wildman–Crippen MR) is 76.6 cm³/mol. The van der Waals surface area contributed by atoms with Gasteiger partial charge in [0.1, 0.15) is 0 Å².